The number of sulfonamides is 1. The van der Waals surface area contributed by atoms with Gasteiger partial charge in [0.25, 0.3) is 0 Å². The third-order valence-electron chi connectivity index (χ3n) is 6.32. The van der Waals surface area contributed by atoms with Crippen LogP contribution in [0.3, 0.4) is 0 Å². The van der Waals surface area contributed by atoms with Gasteiger partial charge in [0.05, 0.1) is 10.9 Å². The average Bonchev–Trinajstić information content (AvgIpc) is 2.81. The van der Waals surface area contributed by atoms with Crippen molar-refractivity contribution in [1.29, 1.82) is 0 Å². The summed E-state index contributed by atoms with van der Waals surface area (Å²) in [6.45, 7) is 12.9. The third-order valence-corrected chi connectivity index (χ3v) is 8.24. The lowest BCUT2D eigenvalue weighted by Gasteiger charge is -2.36. The topological polar surface area (TPSA) is 55.8 Å². The minimum atomic E-state index is -3.71. The second-order valence-corrected chi connectivity index (χ2v) is 13.3. The Morgan fingerprint density at radius 1 is 0.806 bits per heavy atom. The Morgan fingerprint density at radius 2 is 1.39 bits per heavy atom. The van der Waals surface area contributed by atoms with Crippen molar-refractivity contribution in [3.05, 3.63) is 89.5 Å². The second-order valence-electron chi connectivity index (χ2n) is 11.4. The van der Waals surface area contributed by atoms with E-state index in [9.17, 15) is 8.42 Å². The highest BCUT2D eigenvalue weighted by Gasteiger charge is 2.36. The molecule has 0 aliphatic carbocycles. The Hall–Kier alpha value is -2.83. The molecule has 0 amide bonds. The molecule has 0 radical (unpaired) electrons. The molecule has 0 saturated heterocycles. The fraction of sp³-hybridized carbons (Fsp3) is 0.400. The molecule has 0 spiro atoms. The molecule has 3 aromatic rings. The maximum absolute atomic E-state index is 13.8. The van der Waals surface area contributed by atoms with E-state index >= 15 is 0 Å². The van der Waals surface area contributed by atoms with Gasteiger partial charge in [-0.15, -0.1) is 0 Å². The van der Waals surface area contributed by atoms with E-state index in [1.165, 1.54) is 0 Å². The van der Waals surface area contributed by atoms with Crippen LogP contribution in [-0.4, -0.2) is 31.0 Å². The summed E-state index contributed by atoms with van der Waals surface area (Å²) in [7, 11) is -3.71. The number of fused-ring (bicyclic) bond motifs is 1. The van der Waals surface area contributed by atoms with Gasteiger partial charge in [-0.25, -0.2) is 8.42 Å². The van der Waals surface area contributed by atoms with Gasteiger partial charge in [-0.2, -0.15) is 4.31 Å². The lowest BCUT2D eigenvalue weighted by atomic mass is 9.87. The molecule has 0 bridgehead atoms. The first-order valence-corrected chi connectivity index (χ1v) is 13.9. The molecule has 0 saturated carbocycles. The Labute approximate surface area is 216 Å². The number of hydrogen-bond acceptors (Lipinski definition) is 4. The Balaban J connectivity index is 1.57. The molecule has 1 aliphatic rings. The van der Waals surface area contributed by atoms with E-state index in [2.05, 4.69) is 26.8 Å². The van der Waals surface area contributed by atoms with Crippen LogP contribution in [0.1, 0.15) is 58.2 Å². The third kappa shape index (κ3) is 6.11. The highest BCUT2D eigenvalue weighted by Crippen LogP contribution is 2.31. The predicted molar refractivity (Wildman–Crippen MR) is 144 cm³/mol. The van der Waals surface area contributed by atoms with Crippen LogP contribution in [-0.2, 0) is 28.4 Å². The highest BCUT2D eigenvalue weighted by atomic mass is 32.2. The molecule has 6 heteroatoms. The molecular formula is C30H37NO4S. The molecule has 5 nitrogen and oxygen atoms in total. The van der Waals surface area contributed by atoms with Crippen molar-refractivity contribution in [2.75, 3.05) is 6.61 Å². The van der Waals surface area contributed by atoms with Gasteiger partial charge >= 0.3 is 0 Å². The first kappa shape index (κ1) is 26.2. The van der Waals surface area contributed by atoms with Crippen LogP contribution < -0.4 is 9.47 Å². The summed E-state index contributed by atoms with van der Waals surface area (Å²) < 4.78 is 41.2. The molecule has 1 heterocycles. The molecular weight excluding hydrogens is 470 g/mol. The Kier molecular flexibility index (Phi) is 7.22. The van der Waals surface area contributed by atoms with Crippen LogP contribution in [0, 0.1) is 0 Å². The van der Waals surface area contributed by atoms with Gasteiger partial charge in [-0.05, 0) is 85.7 Å². The molecule has 1 atom stereocenters. The van der Waals surface area contributed by atoms with E-state index in [1.807, 2.05) is 75.4 Å². The molecule has 36 heavy (non-hydrogen) atoms. The highest BCUT2D eigenvalue weighted by molar-refractivity contribution is 7.89. The van der Waals surface area contributed by atoms with Crippen molar-refractivity contribution in [2.45, 2.75) is 76.5 Å². The van der Waals surface area contributed by atoms with Crippen molar-refractivity contribution in [1.82, 2.24) is 4.31 Å². The standard InChI is InChI=1S/C30H37NO4S/c1-29(2,3)24-11-17-28(18-12-24)36(32,33)31-20-23-10-8-7-9-22(23)19-25(31)21-34-26-13-15-27(16-14-26)35-30(4,5)6/h7-18,25H,19-21H2,1-6H3. The van der Waals surface area contributed by atoms with E-state index in [0.29, 0.717) is 23.6 Å². The van der Waals surface area contributed by atoms with Crippen LogP contribution >= 0.6 is 0 Å². The van der Waals surface area contributed by atoms with Crippen molar-refractivity contribution in [3.8, 4) is 11.5 Å². The monoisotopic (exact) mass is 507 g/mol. The zero-order valence-electron chi connectivity index (χ0n) is 22.1. The van der Waals surface area contributed by atoms with Gasteiger partial charge < -0.3 is 9.47 Å². The van der Waals surface area contributed by atoms with E-state index in [-0.39, 0.29) is 23.7 Å². The van der Waals surface area contributed by atoms with Crippen LogP contribution in [0.5, 0.6) is 11.5 Å². The molecule has 0 N–H and O–H groups in total. The molecule has 3 aromatic carbocycles. The van der Waals surface area contributed by atoms with Crippen molar-refractivity contribution >= 4 is 10.0 Å². The predicted octanol–water partition coefficient (Wildman–Crippen LogP) is 6.36. The summed E-state index contributed by atoms with van der Waals surface area (Å²) in [4.78, 5) is 0.309. The number of nitrogens with zero attached hydrogens (tertiary/aromatic N) is 1. The maximum atomic E-state index is 13.8. The maximum Gasteiger partial charge on any atom is 0.243 e. The van der Waals surface area contributed by atoms with Crippen LogP contribution in [0.2, 0.25) is 0 Å². The fourth-order valence-electron chi connectivity index (χ4n) is 4.40. The molecule has 1 unspecified atom stereocenters. The number of benzene rings is 3. The Bertz CT molecular complexity index is 1280. The van der Waals surface area contributed by atoms with Gasteiger partial charge in [0, 0.05) is 6.54 Å². The summed E-state index contributed by atoms with van der Waals surface area (Å²) in [6, 6.07) is 22.5. The summed E-state index contributed by atoms with van der Waals surface area (Å²) in [5.41, 5.74) is 2.97. The molecule has 192 valence electrons. The van der Waals surface area contributed by atoms with Crippen LogP contribution in [0.4, 0.5) is 0 Å². The summed E-state index contributed by atoms with van der Waals surface area (Å²) >= 11 is 0. The SMILES string of the molecule is CC(C)(C)Oc1ccc(OCC2Cc3ccccc3CN2S(=O)(=O)c2ccc(C(C)(C)C)cc2)cc1. The van der Waals surface area contributed by atoms with E-state index < -0.39 is 10.0 Å². The average molecular weight is 508 g/mol. The largest absolute Gasteiger partial charge is 0.492 e. The first-order valence-electron chi connectivity index (χ1n) is 12.4. The molecule has 0 fully saturated rings. The zero-order valence-corrected chi connectivity index (χ0v) is 22.9. The number of rotatable bonds is 6. The fourth-order valence-corrected chi connectivity index (χ4v) is 5.99. The zero-order chi connectivity index (χ0) is 26.1. The molecule has 0 aromatic heterocycles. The van der Waals surface area contributed by atoms with Gasteiger partial charge in [-0.3, -0.25) is 0 Å². The van der Waals surface area contributed by atoms with Gasteiger partial charge in [0.1, 0.15) is 23.7 Å². The number of ether oxygens (including phenoxy) is 2. The smallest absolute Gasteiger partial charge is 0.243 e. The van der Waals surface area contributed by atoms with E-state index in [1.54, 1.807) is 16.4 Å². The molecule has 1 aliphatic heterocycles. The summed E-state index contributed by atoms with van der Waals surface area (Å²) in [6.07, 6.45) is 0.598. The molecule has 4 rings (SSSR count). The Morgan fingerprint density at radius 3 is 1.97 bits per heavy atom. The van der Waals surface area contributed by atoms with Gasteiger partial charge in [-0.1, -0.05) is 57.2 Å². The second kappa shape index (κ2) is 9.91. The quantitative estimate of drug-likeness (QED) is 0.390. The number of hydrogen-bond donors (Lipinski definition) is 0. The van der Waals surface area contributed by atoms with Crippen LogP contribution in [0.25, 0.3) is 0 Å². The van der Waals surface area contributed by atoms with Gasteiger partial charge in [0.15, 0.2) is 0 Å². The van der Waals surface area contributed by atoms with E-state index in [4.69, 9.17) is 9.47 Å². The van der Waals surface area contributed by atoms with Gasteiger partial charge in [0.2, 0.25) is 10.0 Å². The lowest BCUT2D eigenvalue weighted by Crippen LogP contribution is -2.47. The normalized spacial score (nSPS) is 16.9. The minimum absolute atomic E-state index is 0.0454. The summed E-state index contributed by atoms with van der Waals surface area (Å²) in [5.74, 6) is 1.45. The first-order chi connectivity index (χ1) is 16.8. The van der Waals surface area contributed by atoms with Crippen molar-refractivity contribution in [3.63, 3.8) is 0 Å². The summed E-state index contributed by atoms with van der Waals surface area (Å²) in [5, 5.41) is 0. The van der Waals surface area contributed by atoms with Crippen molar-refractivity contribution < 1.29 is 17.9 Å². The van der Waals surface area contributed by atoms with Crippen molar-refractivity contribution in [2.24, 2.45) is 0 Å². The van der Waals surface area contributed by atoms with Crippen LogP contribution in [0.15, 0.2) is 77.7 Å². The van der Waals surface area contributed by atoms with E-state index in [0.717, 1.165) is 22.4 Å². The lowest BCUT2D eigenvalue weighted by molar-refractivity contribution is 0.130. The minimum Gasteiger partial charge on any atom is -0.492 e.